The fourth-order valence-electron chi connectivity index (χ4n) is 10.7. The van der Waals surface area contributed by atoms with E-state index in [9.17, 15) is 0 Å². The van der Waals surface area contributed by atoms with Gasteiger partial charge in [0.25, 0.3) is 0 Å². The van der Waals surface area contributed by atoms with Gasteiger partial charge in [0.05, 0.1) is 0 Å². The molecule has 334 valence electrons. The third-order valence-corrected chi connectivity index (χ3v) is 21.2. The molecular formula is C62H78Si2. The Labute approximate surface area is 391 Å². The average Bonchev–Trinajstić information content (AvgIpc) is 3.26. The largest absolute Gasteiger partial charge is 0.146 e. The van der Waals surface area contributed by atoms with E-state index in [1.807, 2.05) is 0 Å². The molecule has 6 aromatic carbocycles. The van der Waals surface area contributed by atoms with Crippen LogP contribution in [0.25, 0.3) is 43.1 Å². The van der Waals surface area contributed by atoms with Crippen LogP contribution in [0.1, 0.15) is 166 Å². The molecule has 0 aliphatic heterocycles. The molecule has 0 saturated carbocycles. The zero-order chi connectivity index (χ0) is 45.9. The summed E-state index contributed by atoms with van der Waals surface area (Å²) >= 11 is 0. The van der Waals surface area contributed by atoms with Gasteiger partial charge in [-0.1, -0.05) is 211 Å². The molecule has 0 saturated heterocycles. The zero-order valence-electron chi connectivity index (χ0n) is 41.7. The maximum absolute atomic E-state index is 4.07. The Hall–Kier alpha value is -4.53. The van der Waals surface area contributed by atoms with Gasteiger partial charge in [0.2, 0.25) is 0 Å². The summed E-state index contributed by atoms with van der Waals surface area (Å²) in [5, 5.41) is 10.4. The van der Waals surface area contributed by atoms with Crippen molar-refractivity contribution in [2.75, 3.05) is 0 Å². The molecule has 0 nitrogen and oxygen atoms in total. The monoisotopic (exact) mass is 879 g/mol. The van der Waals surface area contributed by atoms with Crippen molar-refractivity contribution in [3.8, 4) is 34.8 Å². The summed E-state index contributed by atoms with van der Waals surface area (Å²) in [6, 6.07) is 32.1. The number of rotatable bonds is 17. The van der Waals surface area contributed by atoms with Crippen molar-refractivity contribution in [1.82, 2.24) is 0 Å². The van der Waals surface area contributed by atoms with Gasteiger partial charge >= 0.3 is 0 Å². The van der Waals surface area contributed by atoms with Crippen LogP contribution >= 0.6 is 0 Å². The quantitative estimate of drug-likeness (QED) is 0.0371. The fraction of sp³-hybridized carbons (Fsp3) is 0.452. The van der Waals surface area contributed by atoms with Crippen molar-refractivity contribution >= 4 is 59.2 Å². The second kappa shape index (κ2) is 22.6. The smallest absolute Gasteiger partial charge is 0.127 e. The highest BCUT2D eigenvalue weighted by Crippen LogP contribution is 2.41. The molecule has 0 spiro atoms. The van der Waals surface area contributed by atoms with Crippen molar-refractivity contribution in [3.05, 3.63) is 118 Å². The lowest BCUT2D eigenvalue weighted by Crippen LogP contribution is -2.43. The molecule has 0 unspecified atom stereocenters. The maximum atomic E-state index is 4.07. The highest BCUT2D eigenvalue weighted by molar-refractivity contribution is 6.90. The zero-order valence-corrected chi connectivity index (χ0v) is 43.7. The molecule has 0 fully saturated rings. The molecular weight excluding hydrogens is 801 g/mol. The molecule has 0 N–H and O–H groups in total. The van der Waals surface area contributed by atoms with Gasteiger partial charge < -0.3 is 0 Å². The summed E-state index contributed by atoms with van der Waals surface area (Å²) < 4.78 is 0. The van der Waals surface area contributed by atoms with Crippen molar-refractivity contribution < 1.29 is 0 Å². The first kappa shape index (κ1) is 48.9. The predicted octanol–water partition coefficient (Wildman–Crippen LogP) is 18.3. The average molecular weight is 879 g/mol. The van der Waals surface area contributed by atoms with Crippen LogP contribution in [0, 0.1) is 34.8 Å². The number of fused-ring (bicyclic) bond motifs is 4. The molecule has 0 aliphatic carbocycles. The van der Waals surface area contributed by atoms with E-state index in [0.717, 1.165) is 35.1 Å². The van der Waals surface area contributed by atoms with E-state index in [1.54, 1.807) is 0 Å². The van der Waals surface area contributed by atoms with E-state index in [2.05, 4.69) is 195 Å². The Morgan fingerprint density at radius 2 is 0.688 bits per heavy atom. The van der Waals surface area contributed by atoms with Crippen LogP contribution in [0.3, 0.4) is 0 Å². The summed E-state index contributed by atoms with van der Waals surface area (Å²) in [6.07, 6.45) is 17.6. The lowest BCUT2D eigenvalue weighted by molar-refractivity contribution is 0.609. The molecule has 0 heterocycles. The third-order valence-electron chi connectivity index (χ3n) is 14.0. The van der Waals surface area contributed by atoms with Gasteiger partial charge in [0.1, 0.15) is 16.1 Å². The molecule has 6 aromatic rings. The van der Waals surface area contributed by atoms with Crippen LogP contribution in [-0.2, 0) is 12.8 Å². The van der Waals surface area contributed by atoms with Crippen LogP contribution in [0.5, 0.6) is 0 Å². The SMILES string of the molecule is CCCCCCCCc1c2cccc(C#Cc3cccc4c(CCCCCCCC)c5cccc(C#C[Si](C(C)C)(C(C)C)C(C)C)c5cc34)c2cc2c(C#C[Si](C)(C)C)cccc12. The Balaban J connectivity index is 1.54. The van der Waals surface area contributed by atoms with Crippen LogP contribution < -0.4 is 0 Å². The van der Waals surface area contributed by atoms with Crippen LogP contribution in [-0.4, -0.2) is 16.1 Å². The van der Waals surface area contributed by atoms with E-state index in [1.165, 1.54) is 131 Å². The van der Waals surface area contributed by atoms with Gasteiger partial charge in [-0.2, -0.15) is 0 Å². The topological polar surface area (TPSA) is 0 Å². The minimum atomic E-state index is -1.93. The number of unbranched alkanes of at least 4 members (excludes halogenated alkanes) is 10. The Kier molecular flexibility index (Phi) is 17.3. The summed E-state index contributed by atoms with van der Waals surface area (Å²) in [4.78, 5) is 0. The maximum Gasteiger partial charge on any atom is 0.146 e. The first-order chi connectivity index (χ1) is 30.8. The third kappa shape index (κ3) is 11.5. The lowest BCUT2D eigenvalue weighted by atomic mass is 9.89. The van der Waals surface area contributed by atoms with E-state index >= 15 is 0 Å². The number of aryl methyl sites for hydroxylation is 2. The molecule has 64 heavy (non-hydrogen) atoms. The minimum Gasteiger partial charge on any atom is -0.127 e. The highest BCUT2D eigenvalue weighted by atomic mass is 28.3. The van der Waals surface area contributed by atoms with E-state index in [-0.39, 0.29) is 0 Å². The van der Waals surface area contributed by atoms with Crippen LogP contribution in [0.2, 0.25) is 36.3 Å². The Bertz CT molecular complexity index is 2720. The van der Waals surface area contributed by atoms with E-state index < -0.39 is 16.1 Å². The lowest BCUT2D eigenvalue weighted by Gasteiger charge is -2.38. The molecule has 0 aromatic heterocycles. The highest BCUT2D eigenvalue weighted by Gasteiger charge is 2.41. The second-order valence-corrected chi connectivity index (χ2v) is 31.1. The number of hydrogen-bond acceptors (Lipinski definition) is 0. The standard InChI is InChI=1S/C62H78Si2/c1-12-14-16-18-20-22-32-53-55-34-24-28-49(59(55)44-61-51(30-26-36-57(53)61)40-42-63(9,10)11)38-39-50-29-25-35-56-54(33-23-21-19-17-15-13-2)58-37-27-31-52(62(58)45-60(50)56)41-43-64(46(3)4,47(5)6)48(7)8/h24-31,34-37,44-48H,12-23,32-33H2,1-11H3. The van der Waals surface area contributed by atoms with Gasteiger partial charge in [-0.05, 0) is 133 Å². The van der Waals surface area contributed by atoms with E-state index in [4.69, 9.17) is 0 Å². The van der Waals surface area contributed by atoms with Gasteiger partial charge in [0, 0.05) is 22.3 Å². The fourth-order valence-corrected chi connectivity index (χ4v) is 16.4. The molecule has 0 atom stereocenters. The second-order valence-electron chi connectivity index (χ2n) is 20.7. The number of hydrogen-bond donors (Lipinski definition) is 0. The summed E-state index contributed by atoms with van der Waals surface area (Å²) in [5.41, 5.74) is 16.9. The first-order valence-corrected chi connectivity index (χ1v) is 31.1. The number of benzene rings is 6. The van der Waals surface area contributed by atoms with Crippen molar-refractivity contribution in [1.29, 1.82) is 0 Å². The molecule has 0 radical (unpaired) electrons. The van der Waals surface area contributed by atoms with Gasteiger partial charge in [-0.15, -0.1) is 11.1 Å². The van der Waals surface area contributed by atoms with Crippen molar-refractivity contribution in [3.63, 3.8) is 0 Å². The minimum absolute atomic E-state index is 0.587. The molecule has 6 rings (SSSR count). The van der Waals surface area contributed by atoms with Gasteiger partial charge in [-0.25, -0.2) is 0 Å². The van der Waals surface area contributed by atoms with Gasteiger partial charge in [-0.3, -0.25) is 0 Å². The molecule has 0 bridgehead atoms. The summed E-state index contributed by atoms with van der Waals surface area (Å²) in [5.74, 6) is 15.1. The van der Waals surface area contributed by atoms with Crippen molar-refractivity contribution in [2.45, 2.75) is 182 Å². The van der Waals surface area contributed by atoms with Gasteiger partial charge in [0.15, 0.2) is 0 Å². The van der Waals surface area contributed by atoms with Crippen molar-refractivity contribution in [2.24, 2.45) is 0 Å². The molecule has 2 heteroatoms. The van der Waals surface area contributed by atoms with E-state index in [0.29, 0.717) is 16.6 Å². The summed E-state index contributed by atoms with van der Waals surface area (Å²) in [6.45, 7) is 26.1. The van der Waals surface area contributed by atoms with Crippen LogP contribution in [0.4, 0.5) is 0 Å². The Morgan fingerprint density at radius 1 is 0.375 bits per heavy atom. The normalized spacial score (nSPS) is 12.0. The first-order valence-electron chi connectivity index (χ1n) is 25.3. The Morgan fingerprint density at radius 3 is 1.02 bits per heavy atom. The molecule has 0 amide bonds. The molecule has 0 aliphatic rings. The summed E-state index contributed by atoms with van der Waals surface area (Å²) in [7, 11) is -3.50. The predicted molar refractivity (Wildman–Crippen MR) is 291 cm³/mol. The van der Waals surface area contributed by atoms with Crippen LogP contribution in [0.15, 0.2) is 84.9 Å².